The van der Waals surface area contributed by atoms with Gasteiger partial charge in [0, 0.05) is 38.5 Å². The lowest BCUT2D eigenvalue weighted by Gasteiger charge is -2.28. The van der Waals surface area contributed by atoms with E-state index in [4.69, 9.17) is 0 Å². The molecule has 1 saturated carbocycles. The van der Waals surface area contributed by atoms with Gasteiger partial charge in [-0.3, -0.25) is 9.59 Å². The average molecular weight is 422 g/mol. The van der Waals surface area contributed by atoms with Gasteiger partial charge in [0.25, 0.3) is 0 Å². The first-order valence-corrected chi connectivity index (χ1v) is 12.0. The third-order valence-electron chi connectivity index (χ3n) is 5.91. The summed E-state index contributed by atoms with van der Waals surface area (Å²) in [5, 5.41) is 3.00. The molecule has 8 heteroatoms. The molecular formula is C21H31N3O4S. The summed E-state index contributed by atoms with van der Waals surface area (Å²) >= 11 is 0. The Labute approximate surface area is 173 Å². The quantitative estimate of drug-likeness (QED) is 0.595. The molecule has 0 bridgehead atoms. The van der Waals surface area contributed by atoms with Gasteiger partial charge in [-0.25, -0.2) is 13.1 Å². The first-order valence-electron chi connectivity index (χ1n) is 10.6. The van der Waals surface area contributed by atoms with Crippen LogP contribution >= 0.6 is 0 Å². The van der Waals surface area contributed by atoms with Crippen LogP contribution in [0.2, 0.25) is 0 Å². The molecule has 160 valence electrons. The summed E-state index contributed by atoms with van der Waals surface area (Å²) < 4.78 is 27.3. The van der Waals surface area contributed by atoms with Crippen LogP contribution in [0.4, 0.5) is 0 Å². The zero-order valence-corrected chi connectivity index (χ0v) is 17.6. The van der Waals surface area contributed by atoms with E-state index in [0.29, 0.717) is 26.1 Å². The van der Waals surface area contributed by atoms with Crippen LogP contribution < -0.4 is 10.0 Å². The standard InChI is InChI=1S/C21H31N3O4S/c25-20-8-4-14-24(20)15-5-13-22-21(26)18-11-9-17(10-12-18)16-23-29(27,28)19-6-2-1-3-7-19/h1-3,6-7,17-18,23H,4-5,8-16H2,(H,22,26). The van der Waals surface area contributed by atoms with Gasteiger partial charge >= 0.3 is 0 Å². The minimum atomic E-state index is -3.47. The van der Waals surface area contributed by atoms with E-state index in [-0.39, 0.29) is 28.5 Å². The van der Waals surface area contributed by atoms with E-state index in [1.165, 1.54) is 0 Å². The van der Waals surface area contributed by atoms with Crippen molar-refractivity contribution in [1.29, 1.82) is 0 Å². The highest BCUT2D eigenvalue weighted by Crippen LogP contribution is 2.28. The number of carbonyl (C=O) groups excluding carboxylic acids is 2. The van der Waals surface area contributed by atoms with Crippen molar-refractivity contribution in [1.82, 2.24) is 14.9 Å². The molecule has 1 aliphatic carbocycles. The van der Waals surface area contributed by atoms with Crippen molar-refractivity contribution in [2.45, 2.75) is 49.8 Å². The number of carbonyl (C=O) groups is 2. The summed E-state index contributed by atoms with van der Waals surface area (Å²) in [6.07, 6.45) is 5.64. The molecule has 29 heavy (non-hydrogen) atoms. The lowest BCUT2D eigenvalue weighted by Crippen LogP contribution is -2.37. The van der Waals surface area contributed by atoms with E-state index >= 15 is 0 Å². The summed E-state index contributed by atoms with van der Waals surface area (Å²) in [6.45, 7) is 2.56. The van der Waals surface area contributed by atoms with E-state index in [0.717, 1.165) is 45.1 Å². The van der Waals surface area contributed by atoms with Gasteiger partial charge in [-0.2, -0.15) is 0 Å². The van der Waals surface area contributed by atoms with E-state index in [1.54, 1.807) is 30.3 Å². The molecule has 0 radical (unpaired) electrons. The van der Waals surface area contributed by atoms with Crippen molar-refractivity contribution in [3.8, 4) is 0 Å². The molecule has 2 aliphatic rings. The number of nitrogens with zero attached hydrogens (tertiary/aromatic N) is 1. The highest BCUT2D eigenvalue weighted by molar-refractivity contribution is 7.89. The number of nitrogens with one attached hydrogen (secondary N) is 2. The monoisotopic (exact) mass is 421 g/mol. The van der Waals surface area contributed by atoms with E-state index in [2.05, 4.69) is 10.0 Å². The summed E-state index contributed by atoms with van der Waals surface area (Å²) in [5.41, 5.74) is 0. The fraction of sp³-hybridized carbons (Fsp3) is 0.619. The molecule has 7 nitrogen and oxygen atoms in total. The third kappa shape index (κ3) is 6.27. The van der Waals surface area contributed by atoms with Gasteiger partial charge in [0.2, 0.25) is 21.8 Å². The molecule has 0 spiro atoms. The molecule has 2 N–H and O–H groups in total. The van der Waals surface area contributed by atoms with Crippen molar-refractivity contribution < 1.29 is 18.0 Å². The molecule has 1 saturated heterocycles. The van der Waals surface area contributed by atoms with Crippen molar-refractivity contribution in [3.63, 3.8) is 0 Å². The van der Waals surface area contributed by atoms with Crippen molar-refractivity contribution in [2.75, 3.05) is 26.2 Å². The lowest BCUT2D eigenvalue weighted by molar-refractivity contribution is -0.127. The van der Waals surface area contributed by atoms with Crippen LogP contribution in [0.15, 0.2) is 35.2 Å². The van der Waals surface area contributed by atoms with E-state index in [1.807, 2.05) is 4.90 Å². The second-order valence-electron chi connectivity index (χ2n) is 8.01. The second kappa shape index (κ2) is 10.2. The van der Waals surface area contributed by atoms with Crippen LogP contribution in [-0.4, -0.2) is 51.3 Å². The fourth-order valence-corrected chi connectivity index (χ4v) is 5.24. The van der Waals surface area contributed by atoms with Gasteiger partial charge in [-0.05, 0) is 56.6 Å². The molecule has 2 amide bonds. The van der Waals surface area contributed by atoms with Crippen LogP contribution in [0.5, 0.6) is 0 Å². The fourth-order valence-electron chi connectivity index (χ4n) is 4.11. The minimum absolute atomic E-state index is 0.00500. The topological polar surface area (TPSA) is 95.6 Å². The number of hydrogen-bond donors (Lipinski definition) is 2. The van der Waals surface area contributed by atoms with Gasteiger partial charge in [0.15, 0.2) is 0 Å². The Morgan fingerprint density at radius 3 is 2.48 bits per heavy atom. The number of hydrogen-bond acceptors (Lipinski definition) is 4. The van der Waals surface area contributed by atoms with Gasteiger partial charge in [0.05, 0.1) is 4.90 Å². The van der Waals surface area contributed by atoms with Gasteiger partial charge < -0.3 is 10.2 Å². The Balaban J connectivity index is 1.32. The molecule has 3 rings (SSSR count). The molecule has 1 aliphatic heterocycles. The number of amides is 2. The van der Waals surface area contributed by atoms with Crippen LogP contribution in [-0.2, 0) is 19.6 Å². The van der Waals surface area contributed by atoms with E-state index in [9.17, 15) is 18.0 Å². The first kappa shape index (κ1) is 21.8. The first-order chi connectivity index (χ1) is 14.0. The van der Waals surface area contributed by atoms with Crippen molar-refractivity contribution >= 4 is 21.8 Å². The van der Waals surface area contributed by atoms with Gasteiger partial charge in [-0.1, -0.05) is 18.2 Å². The third-order valence-corrected chi connectivity index (χ3v) is 7.35. The summed E-state index contributed by atoms with van der Waals surface area (Å²) in [4.78, 5) is 26.1. The molecular weight excluding hydrogens is 390 g/mol. The Kier molecular flexibility index (Phi) is 7.66. The summed E-state index contributed by atoms with van der Waals surface area (Å²) in [5.74, 6) is 0.572. The van der Waals surface area contributed by atoms with Crippen LogP contribution in [0.3, 0.4) is 0 Å². The van der Waals surface area contributed by atoms with Gasteiger partial charge in [-0.15, -0.1) is 0 Å². The van der Waals surface area contributed by atoms with Crippen LogP contribution in [0.1, 0.15) is 44.9 Å². The normalized spacial score (nSPS) is 22.6. The maximum absolute atomic E-state index is 12.4. The highest BCUT2D eigenvalue weighted by Gasteiger charge is 2.27. The van der Waals surface area contributed by atoms with E-state index < -0.39 is 10.0 Å². The summed E-state index contributed by atoms with van der Waals surface area (Å²) in [7, 11) is -3.47. The van der Waals surface area contributed by atoms with Crippen LogP contribution in [0.25, 0.3) is 0 Å². The Bertz CT molecular complexity index is 789. The lowest BCUT2D eigenvalue weighted by atomic mass is 9.81. The highest BCUT2D eigenvalue weighted by atomic mass is 32.2. The maximum atomic E-state index is 12.4. The number of likely N-dealkylation sites (tertiary alicyclic amines) is 1. The predicted molar refractivity (Wildman–Crippen MR) is 111 cm³/mol. The molecule has 0 unspecified atom stereocenters. The predicted octanol–water partition coefficient (Wildman–Crippen LogP) is 1.90. The average Bonchev–Trinajstić information content (AvgIpc) is 3.15. The summed E-state index contributed by atoms with van der Waals surface area (Å²) in [6, 6.07) is 8.38. The largest absolute Gasteiger partial charge is 0.356 e. The number of benzene rings is 1. The second-order valence-corrected chi connectivity index (χ2v) is 9.78. The van der Waals surface area contributed by atoms with Crippen molar-refractivity contribution in [2.24, 2.45) is 11.8 Å². The molecule has 1 aromatic carbocycles. The number of rotatable bonds is 9. The molecule has 0 atom stereocenters. The zero-order chi connectivity index (χ0) is 20.7. The minimum Gasteiger partial charge on any atom is -0.356 e. The smallest absolute Gasteiger partial charge is 0.240 e. The van der Waals surface area contributed by atoms with Gasteiger partial charge in [0.1, 0.15) is 0 Å². The Hall–Kier alpha value is -1.93. The molecule has 1 heterocycles. The molecule has 0 aromatic heterocycles. The Morgan fingerprint density at radius 1 is 1.10 bits per heavy atom. The SMILES string of the molecule is O=C(NCCCN1CCCC1=O)C1CCC(CNS(=O)(=O)c2ccccc2)CC1. The Morgan fingerprint density at radius 2 is 1.83 bits per heavy atom. The van der Waals surface area contributed by atoms with Crippen molar-refractivity contribution in [3.05, 3.63) is 30.3 Å². The maximum Gasteiger partial charge on any atom is 0.240 e. The zero-order valence-electron chi connectivity index (χ0n) is 16.8. The molecule has 2 fully saturated rings. The van der Waals surface area contributed by atoms with Crippen LogP contribution in [0, 0.1) is 11.8 Å². The molecule has 1 aromatic rings. The number of sulfonamides is 1.